The Hall–Kier alpha value is -1.07. The average molecular weight is 280 g/mol. The minimum Gasteiger partial charge on any atom is -0.491 e. The van der Waals surface area contributed by atoms with Gasteiger partial charge in [0.1, 0.15) is 0 Å². The van der Waals surface area contributed by atoms with Gasteiger partial charge in [-0.3, -0.25) is 0 Å². The van der Waals surface area contributed by atoms with Crippen LogP contribution in [0.4, 0.5) is 4.39 Å². The normalized spacial score (nSPS) is 20.2. The van der Waals surface area contributed by atoms with Gasteiger partial charge in [-0.2, -0.15) is 0 Å². The largest absolute Gasteiger partial charge is 0.498 e. The first kappa shape index (κ1) is 15.3. The molecule has 1 fully saturated rings. The van der Waals surface area contributed by atoms with Gasteiger partial charge in [-0.15, -0.1) is 0 Å². The van der Waals surface area contributed by atoms with Crippen LogP contribution in [0.5, 0.6) is 5.75 Å². The van der Waals surface area contributed by atoms with Gasteiger partial charge in [-0.1, -0.05) is 6.07 Å². The van der Waals surface area contributed by atoms with Crippen molar-refractivity contribution in [2.75, 3.05) is 6.61 Å². The molecule has 0 amide bonds. The predicted octanol–water partition coefficient (Wildman–Crippen LogP) is 2.83. The maximum Gasteiger partial charge on any atom is 0.498 e. The quantitative estimate of drug-likeness (QED) is 0.797. The SMILES string of the molecule is CCOc1cc(C)cc(B2OC(C)(C)C(C)(C)O2)c1F. The Labute approximate surface area is 120 Å². The number of aryl methyl sites for hydroxylation is 1. The fourth-order valence-corrected chi connectivity index (χ4v) is 2.16. The lowest BCUT2D eigenvalue weighted by molar-refractivity contribution is 0.00578. The van der Waals surface area contributed by atoms with Crippen molar-refractivity contribution in [1.82, 2.24) is 0 Å². The van der Waals surface area contributed by atoms with E-state index >= 15 is 0 Å². The average Bonchev–Trinajstić information content (AvgIpc) is 2.53. The third-order valence-corrected chi connectivity index (χ3v) is 4.02. The Morgan fingerprint density at radius 1 is 1.15 bits per heavy atom. The number of rotatable bonds is 3. The second-order valence-corrected chi connectivity index (χ2v) is 6.19. The number of hydrogen-bond donors (Lipinski definition) is 0. The summed E-state index contributed by atoms with van der Waals surface area (Å²) in [7, 11) is -0.709. The van der Waals surface area contributed by atoms with Gasteiger partial charge in [-0.25, -0.2) is 4.39 Å². The summed E-state index contributed by atoms with van der Waals surface area (Å²) in [5.74, 6) is -0.159. The lowest BCUT2D eigenvalue weighted by atomic mass is 9.77. The lowest BCUT2D eigenvalue weighted by Gasteiger charge is -2.32. The van der Waals surface area contributed by atoms with Gasteiger partial charge in [0.15, 0.2) is 11.6 Å². The molecular weight excluding hydrogens is 258 g/mol. The van der Waals surface area contributed by atoms with Crippen LogP contribution in [0, 0.1) is 12.7 Å². The summed E-state index contributed by atoms with van der Waals surface area (Å²) < 4.78 is 31.6. The van der Waals surface area contributed by atoms with Gasteiger partial charge < -0.3 is 14.0 Å². The molecule has 0 spiro atoms. The molecule has 0 saturated carbocycles. The van der Waals surface area contributed by atoms with E-state index in [1.165, 1.54) is 0 Å². The smallest absolute Gasteiger partial charge is 0.491 e. The Bertz CT molecular complexity index is 498. The van der Waals surface area contributed by atoms with Crippen molar-refractivity contribution < 1.29 is 18.4 Å². The van der Waals surface area contributed by atoms with Crippen LogP contribution in [0.25, 0.3) is 0 Å². The molecule has 0 radical (unpaired) electrons. The molecule has 0 atom stereocenters. The van der Waals surface area contributed by atoms with Crippen LogP contribution in [-0.4, -0.2) is 24.9 Å². The minimum absolute atomic E-state index is 0.247. The molecule has 0 aromatic heterocycles. The van der Waals surface area contributed by atoms with Crippen molar-refractivity contribution >= 4 is 12.6 Å². The zero-order valence-corrected chi connectivity index (χ0v) is 13.0. The zero-order chi connectivity index (χ0) is 15.1. The summed E-state index contributed by atoms with van der Waals surface area (Å²) in [5, 5.41) is 0. The number of halogens is 1. The van der Waals surface area contributed by atoms with E-state index in [1.807, 2.05) is 41.5 Å². The molecule has 0 unspecified atom stereocenters. The van der Waals surface area contributed by atoms with E-state index in [1.54, 1.807) is 12.1 Å². The molecule has 2 rings (SSSR count). The van der Waals surface area contributed by atoms with Crippen LogP contribution in [0.1, 0.15) is 40.2 Å². The molecular formula is C15H22BFO3. The molecule has 0 aliphatic carbocycles. The van der Waals surface area contributed by atoms with Gasteiger partial charge in [0.05, 0.1) is 17.8 Å². The Balaban J connectivity index is 2.40. The van der Waals surface area contributed by atoms with Crippen LogP contribution < -0.4 is 10.2 Å². The molecule has 0 N–H and O–H groups in total. The standard InChI is InChI=1S/C15H22BFO3/c1-7-18-12-9-10(2)8-11(13(12)17)16-19-14(3,4)15(5,6)20-16/h8-9H,7H2,1-6H3. The van der Waals surface area contributed by atoms with Crippen molar-refractivity contribution in [1.29, 1.82) is 0 Å². The summed E-state index contributed by atoms with van der Waals surface area (Å²) in [4.78, 5) is 0. The first-order valence-corrected chi connectivity index (χ1v) is 6.96. The Kier molecular flexibility index (Phi) is 3.86. The highest BCUT2D eigenvalue weighted by Gasteiger charge is 2.52. The van der Waals surface area contributed by atoms with E-state index < -0.39 is 24.1 Å². The highest BCUT2D eigenvalue weighted by molar-refractivity contribution is 6.62. The first-order chi connectivity index (χ1) is 9.18. The molecule has 3 nitrogen and oxygen atoms in total. The van der Waals surface area contributed by atoms with Gasteiger partial charge in [0.2, 0.25) is 0 Å². The van der Waals surface area contributed by atoms with Crippen LogP contribution in [0.3, 0.4) is 0 Å². The van der Waals surface area contributed by atoms with Crippen molar-refractivity contribution in [3.05, 3.63) is 23.5 Å². The van der Waals surface area contributed by atoms with Crippen LogP contribution in [0.15, 0.2) is 12.1 Å². The van der Waals surface area contributed by atoms with Crippen molar-refractivity contribution in [3.63, 3.8) is 0 Å². The molecule has 5 heteroatoms. The Morgan fingerprint density at radius 3 is 2.20 bits per heavy atom. The van der Waals surface area contributed by atoms with E-state index in [4.69, 9.17) is 14.0 Å². The zero-order valence-electron chi connectivity index (χ0n) is 13.0. The first-order valence-electron chi connectivity index (χ1n) is 6.96. The summed E-state index contributed by atoms with van der Waals surface area (Å²) in [6.45, 7) is 11.9. The van der Waals surface area contributed by atoms with E-state index in [0.29, 0.717) is 12.1 Å². The monoisotopic (exact) mass is 280 g/mol. The molecule has 1 saturated heterocycles. The van der Waals surface area contributed by atoms with Crippen molar-refractivity contribution in [3.8, 4) is 5.75 Å². The third kappa shape index (κ3) is 2.57. The van der Waals surface area contributed by atoms with Gasteiger partial charge >= 0.3 is 7.12 Å². The highest BCUT2D eigenvalue weighted by Crippen LogP contribution is 2.37. The van der Waals surface area contributed by atoms with Crippen LogP contribution >= 0.6 is 0 Å². The number of ether oxygens (including phenoxy) is 1. The summed E-state index contributed by atoms with van der Waals surface area (Å²) in [5.41, 5.74) is 0.339. The predicted molar refractivity (Wildman–Crippen MR) is 78.0 cm³/mol. The molecule has 1 aliphatic heterocycles. The highest BCUT2D eigenvalue weighted by atomic mass is 19.1. The Morgan fingerprint density at radius 2 is 1.70 bits per heavy atom. The van der Waals surface area contributed by atoms with Crippen LogP contribution in [0.2, 0.25) is 0 Å². The van der Waals surface area contributed by atoms with E-state index in [9.17, 15) is 4.39 Å². The summed E-state index contributed by atoms with van der Waals surface area (Å²) >= 11 is 0. The third-order valence-electron chi connectivity index (χ3n) is 4.02. The van der Waals surface area contributed by atoms with Gasteiger partial charge in [0.25, 0.3) is 0 Å². The molecule has 110 valence electrons. The maximum atomic E-state index is 14.5. The fraction of sp³-hybridized carbons (Fsp3) is 0.600. The second-order valence-electron chi connectivity index (χ2n) is 6.19. The number of benzene rings is 1. The molecule has 0 bridgehead atoms. The minimum atomic E-state index is -0.709. The maximum absolute atomic E-state index is 14.5. The van der Waals surface area contributed by atoms with E-state index in [-0.39, 0.29) is 5.75 Å². The summed E-state index contributed by atoms with van der Waals surface area (Å²) in [6, 6.07) is 3.44. The summed E-state index contributed by atoms with van der Waals surface area (Å²) in [6.07, 6.45) is 0. The van der Waals surface area contributed by atoms with Crippen molar-refractivity contribution in [2.45, 2.75) is 52.7 Å². The van der Waals surface area contributed by atoms with Gasteiger partial charge in [0, 0.05) is 5.46 Å². The van der Waals surface area contributed by atoms with Crippen molar-refractivity contribution in [2.24, 2.45) is 0 Å². The molecule has 1 aromatic carbocycles. The topological polar surface area (TPSA) is 27.7 Å². The molecule has 1 aromatic rings. The molecule has 1 aliphatic rings. The van der Waals surface area contributed by atoms with E-state index in [2.05, 4.69) is 0 Å². The van der Waals surface area contributed by atoms with E-state index in [0.717, 1.165) is 5.56 Å². The van der Waals surface area contributed by atoms with Crippen LogP contribution in [-0.2, 0) is 9.31 Å². The fourth-order valence-electron chi connectivity index (χ4n) is 2.16. The van der Waals surface area contributed by atoms with Gasteiger partial charge in [-0.05, 0) is 53.2 Å². The molecule has 1 heterocycles. The second kappa shape index (κ2) is 5.04. The number of hydrogen-bond acceptors (Lipinski definition) is 3. The lowest BCUT2D eigenvalue weighted by Crippen LogP contribution is -2.41. The molecule has 20 heavy (non-hydrogen) atoms.